The van der Waals surface area contributed by atoms with E-state index < -0.39 is 0 Å². The maximum absolute atomic E-state index is 5.11. The number of benzene rings is 6. The first kappa shape index (κ1) is 24.3. The number of para-hydroxylation sites is 1. The van der Waals surface area contributed by atoms with Gasteiger partial charge in [0, 0.05) is 16.3 Å². The molecule has 1 nitrogen and oxygen atoms in total. The summed E-state index contributed by atoms with van der Waals surface area (Å²) in [6.45, 7) is 6.69. The predicted molar refractivity (Wildman–Crippen MR) is 172 cm³/mol. The van der Waals surface area contributed by atoms with E-state index in [2.05, 4.69) is 148 Å². The van der Waals surface area contributed by atoms with E-state index in [4.69, 9.17) is 4.98 Å². The zero-order valence-electron chi connectivity index (χ0n) is 23.1. The molecule has 1 heteroatoms. The van der Waals surface area contributed by atoms with Gasteiger partial charge in [-0.25, -0.2) is 4.98 Å². The van der Waals surface area contributed by atoms with Crippen LogP contribution in [0.25, 0.3) is 66.0 Å². The van der Waals surface area contributed by atoms with E-state index in [0.29, 0.717) is 5.92 Å². The molecule has 40 heavy (non-hydrogen) atoms. The topological polar surface area (TPSA) is 12.9 Å². The standard InChI is InChI=1S/C39H31N/c1-25(2)27-9-8-10-28(21-27)33-19-26(3)20-34(24-33)31-16-15-30-23-32(18-17-29(30)22-31)39-37-13-5-4-11-35(37)36-12-6-7-14-38(36)40-39/h4-25H,1-3H3. The average Bonchev–Trinajstić information content (AvgIpc) is 3.00. The molecule has 0 fully saturated rings. The first-order valence-corrected chi connectivity index (χ1v) is 14.1. The van der Waals surface area contributed by atoms with Crippen molar-refractivity contribution in [3.8, 4) is 33.5 Å². The minimum atomic E-state index is 0.511. The van der Waals surface area contributed by atoms with Crippen LogP contribution in [0.2, 0.25) is 0 Å². The first-order chi connectivity index (χ1) is 19.5. The van der Waals surface area contributed by atoms with Crippen LogP contribution in [-0.2, 0) is 0 Å². The van der Waals surface area contributed by atoms with Crippen molar-refractivity contribution >= 4 is 32.4 Å². The Bertz CT molecular complexity index is 2050. The van der Waals surface area contributed by atoms with Crippen LogP contribution in [0.15, 0.2) is 127 Å². The van der Waals surface area contributed by atoms with Crippen LogP contribution in [0, 0.1) is 6.92 Å². The van der Waals surface area contributed by atoms with Gasteiger partial charge in [0.25, 0.3) is 0 Å². The van der Waals surface area contributed by atoms with Crippen molar-refractivity contribution in [3.63, 3.8) is 0 Å². The lowest BCUT2D eigenvalue weighted by Gasteiger charge is -2.13. The van der Waals surface area contributed by atoms with E-state index in [9.17, 15) is 0 Å². The molecule has 0 radical (unpaired) electrons. The lowest BCUT2D eigenvalue weighted by Crippen LogP contribution is -1.90. The summed E-state index contributed by atoms with van der Waals surface area (Å²) in [5.74, 6) is 0.511. The maximum Gasteiger partial charge on any atom is 0.0788 e. The van der Waals surface area contributed by atoms with Crippen molar-refractivity contribution in [2.24, 2.45) is 0 Å². The number of rotatable bonds is 4. The molecule has 0 aliphatic carbocycles. The quantitative estimate of drug-likeness (QED) is 0.213. The predicted octanol–water partition coefficient (Wildman–Crippen LogP) is 11.0. The summed E-state index contributed by atoms with van der Waals surface area (Å²) in [6.07, 6.45) is 0. The van der Waals surface area contributed by atoms with Crippen molar-refractivity contribution in [3.05, 3.63) is 139 Å². The van der Waals surface area contributed by atoms with E-state index in [-0.39, 0.29) is 0 Å². The van der Waals surface area contributed by atoms with Crippen molar-refractivity contribution in [2.75, 3.05) is 0 Å². The summed E-state index contributed by atoms with van der Waals surface area (Å²) in [4.78, 5) is 5.11. The molecule has 192 valence electrons. The molecule has 0 atom stereocenters. The Morgan fingerprint density at radius 2 is 1.10 bits per heavy atom. The normalized spacial score (nSPS) is 11.6. The van der Waals surface area contributed by atoms with Crippen LogP contribution in [0.5, 0.6) is 0 Å². The van der Waals surface area contributed by atoms with Crippen LogP contribution in [0.1, 0.15) is 30.9 Å². The Labute approximate surface area is 235 Å². The molecule has 1 heterocycles. The van der Waals surface area contributed by atoms with E-state index >= 15 is 0 Å². The highest BCUT2D eigenvalue weighted by molar-refractivity contribution is 6.11. The fourth-order valence-corrected chi connectivity index (χ4v) is 5.89. The van der Waals surface area contributed by atoms with Crippen LogP contribution < -0.4 is 0 Å². The number of pyridine rings is 1. The summed E-state index contributed by atoms with van der Waals surface area (Å²) in [7, 11) is 0. The highest BCUT2D eigenvalue weighted by Gasteiger charge is 2.12. The minimum Gasteiger partial charge on any atom is -0.247 e. The molecule has 7 rings (SSSR count). The minimum absolute atomic E-state index is 0.511. The number of hydrogen-bond acceptors (Lipinski definition) is 1. The average molecular weight is 514 g/mol. The summed E-state index contributed by atoms with van der Waals surface area (Å²) in [6, 6.07) is 46.4. The SMILES string of the molecule is Cc1cc(-c2cccc(C(C)C)c2)cc(-c2ccc3cc(-c4nc5ccccc5c5ccccc45)ccc3c2)c1. The Morgan fingerprint density at radius 1 is 0.475 bits per heavy atom. The molecule has 0 unspecified atom stereocenters. The van der Waals surface area contributed by atoms with Gasteiger partial charge in [0.15, 0.2) is 0 Å². The van der Waals surface area contributed by atoms with Crippen molar-refractivity contribution in [1.29, 1.82) is 0 Å². The molecule has 0 aliphatic rings. The van der Waals surface area contributed by atoms with Crippen molar-refractivity contribution in [2.45, 2.75) is 26.7 Å². The van der Waals surface area contributed by atoms with Gasteiger partial charge in [0.1, 0.15) is 0 Å². The summed E-state index contributed by atoms with van der Waals surface area (Å²) >= 11 is 0. The number of fused-ring (bicyclic) bond motifs is 4. The molecule has 0 saturated heterocycles. The highest BCUT2D eigenvalue weighted by Crippen LogP contribution is 2.35. The number of aromatic nitrogens is 1. The van der Waals surface area contributed by atoms with Crippen LogP contribution in [-0.4, -0.2) is 4.98 Å². The molecule has 6 aromatic carbocycles. The zero-order valence-corrected chi connectivity index (χ0v) is 23.1. The van der Waals surface area contributed by atoms with Gasteiger partial charge in [-0.2, -0.15) is 0 Å². The van der Waals surface area contributed by atoms with Gasteiger partial charge in [-0.15, -0.1) is 0 Å². The molecule has 7 aromatic rings. The van der Waals surface area contributed by atoms with Gasteiger partial charge in [0.2, 0.25) is 0 Å². The largest absolute Gasteiger partial charge is 0.247 e. The molecule has 0 bridgehead atoms. The molecule has 0 aliphatic heterocycles. The maximum atomic E-state index is 5.11. The number of hydrogen-bond donors (Lipinski definition) is 0. The van der Waals surface area contributed by atoms with E-state index in [0.717, 1.165) is 16.8 Å². The van der Waals surface area contributed by atoms with Gasteiger partial charge in [-0.1, -0.05) is 117 Å². The lowest BCUT2D eigenvalue weighted by molar-refractivity contribution is 0.867. The van der Waals surface area contributed by atoms with Crippen molar-refractivity contribution < 1.29 is 0 Å². The third-order valence-electron chi connectivity index (χ3n) is 8.02. The zero-order chi connectivity index (χ0) is 27.2. The van der Waals surface area contributed by atoms with E-state index in [1.54, 1.807) is 0 Å². The summed E-state index contributed by atoms with van der Waals surface area (Å²) in [5, 5.41) is 6.08. The van der Waals surface area contributed by atoms with Gasteiger partial charge >= 0.3 is 0 Å². The Kier molecular flexibility index (Phi) is 5.94. The monoisotopic (exact) mass is 513 g/mol. The van der Waals surface area contributed by atoms with Crippen LogP contribution >= 0.6 is 0 Å². The molecule has 0 amide bonds. The van der Waals surface area contributed by atoms with Crippen molar-refractivity contribution in [1.82, 2.24) is 4.98 Å². The second-order valence-electron chi connectivity index (χ2n) is 11.2. The van der Waals surface area contributed by atoms with E-state index in [1.807, 2.05) is 0 Å². The van der Waals surface area contributed by atoms with E-state index in [1.165, 1.54) is 60.3 Å². The van der Waals surface area contributed by atoms with Gasteiger partial charge in [-0.05, 0) is 86.6 Å². The third-order valence-corrected chi connectivity index (χ3v) is 8.02. The molecule has 0 N–H and O–H groups in total. The fraction of sp³-hybridized carbons (Fsp3) is 0.103. The van der Waals surface area contributed by atoms with Crippen LogP contribution in [0.3, 0.4) is 0 Å². The van der Waals surface area contributed by atoms with Gasteiger partial charge in [0.05, 0.1) is 11.2 Å². The molecular weight excluding hydrogens is 482 g/mol. The Balaban J connectivity index is 1.31. The molecule has 0 saturated carbocycles. The Morgan fingerprint density at radius 3 is 1.85 bits per heavy atom. The molecule has 0 spiro atoms. The highest BCUT2D eigenvalue weighted by atomic mass is 14.7. The third kappa shape index (κ3) is 4.34. The summed E-state index contributed by atoms with van der Waals surface area (Å²) in [5.41, 5.74) is 10.9. The smallest absolute Gasteiger partial charge is 0.0788 e. The molecular formula is C39H31N. The second kappa shape index (κ2) is 9.77. The molecule has 1 aromatic heterocycles. The van der Waals surface area contributed by atoms with Gasteiger partial charge in [-0.3, -0.25) is 0 Å². The Hall–Kier alpha value is -4.75. The summed E-state index contributed by atoms with van der Waals surface area (Å²) < 4.78 is 0. The number of aryl methyl sites for hydroxylation is 1. The number of nitrogens with zero attached hydrogens (tertiary/aromatic N) is 1. The fourth-order valence-electron chi connectivity index (χ4n) is 5.89. The lowest BCUT2D eigenvalue weighted by atomic mass is 9.92. The second-order valence-corrected chi connectivity index (χ2v) is 11.2. The van der Waals surface area contributed by atoms with Gasteiger partial charge < -0.3 is 0 Å². The van der Waals surface area contributed by atoms with Crippen LogP contribution in [0.4, 0.5) is 0 Å². The first-order valence-electron chi connectivity index (χ1n) is 14.1.